The molecule has 0 unspecified atom stereocenters. The van der Waals surface area contributed by atoms with Gasteiger partial charge in [-0.3, -0.25) is 14.4 Å². The summed E-state index contributed by atoms with van der Waals surface area (Å²) in [6, 6.07) is 12.4. The number of benzene rings is 2. The summed E-state index contributed by atoms with van der Waals surface area (Å²) in [5, 5.41) is 0.0883. The first-order chi connectivity index (χ1) is 11.6. The molecule has 0 heterocycles. The van der Waals surface area contributed by atoms with Crippen molar-refractivity contribution in [2.24, 2.45) is 0 Å². The van der Waals surface area contributed by atoms with Crippen LogP contribution in [0.15, 0.2) is 42.5 Å². The number of ketones is 2. The fourth-order valence-corrected chi connectivity index (χ4v) is 3.11. The highest BCUT2D eigenvalue weighted by Crippen LogP contribution is 2.33. The van der Waals surface area contributed by atoms with E-state index in [9.17, 15) is 14.4 Å². The van der Waals surface area contributed by atoms with Crippen molar-refractivity contribution in [3.8, 4) is 23.0 Å². The summed E-state index contributed by atoms with van der Waals surface area (Å²) in [7, 11) is 0. The first-order valence-corrected chi connectivity index (χ1v) is 8.51. The van der Waals surface area contributed by atoms with Crippen LogP contribution in [-0.2, 0) is 4.79 Å². The Labute approximate surface area is 144 Å². The van der Waals surface area contributed by atoms with Gasteiger partial charge in [-0.1, -0.05) is 47.9 Å². The lowest BCUT2D eigenvalue weighted by molar-refractivity contribution is -0.109. The van der Waals surface area contributed by atoms with E-state index in [0.717, 1.165) is 16.7 Å². The summed E-state index contributed by atoms with van der Waals surface area (Å²) >= 11 is 1.26. The molecule has 2 aromatic carbocycles. The van der Waals surface area contributed by atoms with Gasteiger partial charge in [-0.2, -0.15) is 0 Å². The monoisotopic (exact) mass is 334 g/mol. The van der Waals surface area contributed by atoms with E-state index < -0.39 is 11.6 Å². The second-order valence-electron chi connectivity index (χ2n) is 5.36. The summed E-state index contributed by atoms with van der Waals surface area (Å²) in [5.41, 5.74) is 3.18. The van der Waals surface area contributed by atoms with Crippen LogP contribution in [0.1, 0.15) is 39.6 Å². The molecule has 3 rings (SSSR count). The van der Waals surface area contributed by atoms with Gasteiger partial charge in [0, 0.05) is 35.8 Å². The molecule has 3 nitrogen and oxygen atoms in total. The minimum atomic E-state index is -0.471. The largest absolute Gasteiger partial charge is 0.288 e. The van der Waals surface area contributed by atoms with Gasteiger partial charge in [0.15, 0.2) is 5.12 Å². The van der Waals surface area contributed by atoms with Gasteiger partial charge in [0.2, 0.25) is 11.6 Å². The van der Waals surface area contributed by atoms with E-state index >= 15 is 0 Å². The van der Waals surface area contributed by atoms with Gasteiger partial charge in [-0.05, 0) is 29.3 Å². The summed E-state index contributed by atoms with van der Waals surface area (Å²) in [4.78, 5) is 35.3. The van der Waals surface area contributed by atoms with E-state index in [4.69, 9.17) is 0 Å². The summed E-state index contributed by atoms with van der Waals surface area (Å²) < 4.78 is 0. The molecular weight excluding hydrogens is 320 g/mol. The van der Waals surface area contributed by atoms with Crippen LogP contribution in [0.4, 0.5) is 0 Å². The third-order valence-electron chi connectivity index (χ3n) is 3.70. The van der Waals surface area contributed by atoms with Gasteiger partial charge in [-0.25, -0.2) is 0 Å². The standard InChI is InChI=1S/C20H14O3S/c1-13(21)24-11-5-4-6-14-9-10-17-18(12-14)15-7-2-3-8-16(15)19(22)20(17)23/h2-3,7-10,12H,5,11H2,1H3. The maximum atomic E-state index is 12.2. The van der Waals surface area contributed by atoms with Crippen molar-refractivity contribution >= 4 is 28.4 Å². The molecule has 0 fully saturated rings. The van der Waals surface area contributed by atoms with Crippen LogP contribution in [0.2, 0.25) is 0 Å². The van der Waals surface area contributed by atoms with Crippen LogP contribution in [-0.4, -0.2) is 22.4 Å². The molecule has 4 heteroatoms. The Hall–Kier alpha value is -2.64. The van der Waals surface area contributed by atoms with Crippen LogP contribution in [0.3, 0.4) is 0 Å². The lowest BCUT2D eigenvalue weighted by Crippen LogP contribution is -2.21. The number of thioether (sulfide) groups is 1. The number of rotatable bonds is 2. The predicted molar refractivity (Wildman–Crippen MR) is 95.2 cm³/mol. The van der Waals surface area contributed by atoms with E-state index in [1.807, 2.05) is 18.2 Å². The van der Waals surface area contributed by atoms with Crippen molar-refractivity contribution in [3.05, 3.63) is 59.2 Å². The Balaban J connectivity index is 1.92. The molecule has 0 N–H and O–H groups in total. The van der Waals surface area contributed by atoms with Gasteiger partial charge in [0.25, 0.3) is 0 Å². The topological polar surface area (TPSA) is 51.2 Å². The molecule has 1 aliphatic carbocycles. The highest BCUT2D eigenvalue weighted by atomic mass is 32.2. The SMILES string of the molecule is CC(=O)SCCC#Cc1ccc2c(c1)-c1ccccc1C(=O)C2=O. The zero-order valence-corrected chi connectivity index (χ0v) is 13.9. The minimum absolute atomic E-state index is 0.0883. The van der Waals surface area contributed by atoms with E-state index in [2.05, 4.69) is 11.8 Å². The highest BCUT2D eigenvalue weighted by Gasteiger charge is 2.29. The molecule has 118 valence electrons. The average molecular weight is 334 g/mol. The van der Waals surface area contributed by atoms with E-state index in [1.165, 1.54) is 18.7 Å². The van der Waals surface area contributed by atoms with Crippen LogP contribution < -0.4 is 0 Å². The van der Waals surface area contributed by atoms with Gasteiger partial charge in [0.1, 0.15) is 0 Å². The number of hydrogen-bond acceptors (Lipinski definition) is 4. The Morgan fingerprint density at radius 2 is 1.62 bits per heavy atom. The number of carbonyl (C=O) groups is 3. The predicted octanol–water partition coefficient (Wildman–Crippen LogP) is 3.75. The quantitative estimate of drug-likeness (QED) is 0.477. The Morgan fingerprint density at radius 3 is 2.33 bits per heavy atom. The van der Waals surface area contributed by atoms with Gasteiger partial charge >= 0.3 is 0 Å². The lowest BCUT2D eigenvalue weighted by Gasteiger charge is -2.17. The Kier molecular flexibility index (Phi) is 4.64. The zero-order valence-electron chi connectivity index (χ0n) is 13.1. The number of Topliss-reactive ketones (excluding diaryl/α,β-unsaturated/α-hetero) is 2. The zero-order chi connectivity index (χ0) is 17.1. The third-order valence-corrected chi connectivity index (χ3v) is 4.51. The molecule has 0 aliphatic heterocycles. The van der Waals surface area contributed by atoms with Crippen molar-refractivity contribution in [2.75, 3.05) is 5.75 Å². The molecule has 0 atom stereocenters. The van der Waals surface area contributed by atoms with Crippen molar-refractivity contribution in [3.63, 3.8) is 0 Å². The van der Waals surface area contributed by atoms with Crippen molar-refractivity contribution in [1.29, 1.82) is 0 Å². The Bertz CT molecular complexity index is 916. The van der Waals surface area contributed by atoms with Crippen LogP contribution >= 0.6 is 11.8 Å². The van der Waals surface area contributed by atoms with Crippen molar-refractivity contribution < 1.29 is 14.4 Å². The maximum absolute atomic E-state index is 12.2. The average Bonchev–Trinajstić information content (AvgIpc) is 2.59. The molecule has 1 aliphatic rings. The molecule has 0 aromatic heterocycles. The van der Waals surface area contributed by atoms with Gasteiger partial charge in [0.05, 0.1) is 0 Å². The molecule has 0 radical (unpaired) electrons. The number of fused-ring (bicyclic) bond motifs is 3. The third kappa shape index (κ3) is 3.17. The first kappa shape index (κ1) is 16.2. The summed E-state index contributed by atoms with van der Waals surface area (Å²) in [5.74, 6) is 5.83. The molecule has 0 saturated heterocycles. The number of carbonyl (C=O) groups excluding carboxylic acids is 3. The fourth-order valence-electron chi connectivity index (χ4n) is 2.61. The molecule has 2 aromatic rings. The van der Waals surface area contributed by atoms with Gasteiger partial charge in [-0.15, -0.1) is 0 Å². The highest BCUT2D eigenvalue weighted by molar-refractivity contribution is 8.13. The second-order valence-corrected chi connectivity index (χ2v) is 6.63. The van der Waals surface area contributed by atoms with Crippen LogP contribution in [0, 0.1) is 11.8 Å². The molecular formula is C20H14O3S. The summed E-state index contributed by atoms with van der Waals surface area (Å²) in [6.45, 7) is 1.54. The van der Waals surface area contributed by atoms with Crippen LogP contribution in [0.5, 0.6) is 0 Å². The van der Waals surface area contributed by atoms with Crippen molar-refractivity contribution in [2.45, 2.75) is 13.3 Å². The number of hydrogen-bond donors (Lipinski definition) is 0. The van der Waals surface area contributed by atoms with E-state index in [0.29, 0.717) is 23.3 Å². The van der Waals surface area contributed by atoms with Crippen LogP contribution in [0.25, 0.3) is 11.1 Å². The van der Waals surface area contributed by atoms with E-state index in [1.54, 1.807) is 24.3 Å². The smallest absolute Gasteiger partial charge is 0.234 e. The minimum Gasteiger partial charge on any atom is -0.288 e. The van der Waals surface area contributed by atoms with Crippen molar-refractivity contribution in [1.82, 2.24) is 0 Å². The Morgan fingerprint density at radius 1 is 0.958 bits per heavy atom. The molecule has 24 heavy (non-hydrogen) atoms. The maximum Gasteiger partial charge on any atom is 0.234 e. The normalized spacial score (nSPS) is 12.0. The fraction of sp³-hybridized carbons (Fsp3) is 0.150. The van der Waals surface area contributed by atoms with Gasteiger partial charge < -0.3 is 0 Å². The molecule has 0 bridgehead atoms. The molecule has 0 spiro atoms. The molecule has 0 saturated carbocycles. The summed E-state index contributed by atoms with van der Waals surface area (Å²) in [6.07, 6.45) is 0.620. The van der Waals surface area contributed by atoms with E-state index in [-0.39, 0.29) is 5.12 Å². The second kappa shape index (κ2) is 6.86. The lowest BCUT2D eigenvalue weighted by atomic mass is 9.83. The first-order valence-electron chi connectivity index (χ1n) is 7.52. The molecule has 0 amide bonds.